The summed E-state index contributed by atoms with van der Waals surface area (Å²) >= 11 is 0. The molecule has 2 heterocycles. The number of aryl methyl sites for hydroxylation is 3. The van der Waals surface area contributed by atoms with Crippen molar-refractivity contribution in [3.05, 3.63) is 92.6 Å². The molecule has 0 unspecified atom stereocenters. The molecular formula is C22H23N5O2. The van der Waals surface area contributed by atoms with E-state index in [1.165, 1.54) is 17.2 Å². The summed E-state index contributed by atoms with van der Waals surface area (Å²) in [5.74, 6) is 0.582. The predicted molar refractivity (Wildman–Crippen MR) is 114 cm³/mol. The summed E-state index contributed by atoms with van der Waals surface area (Å²) in [6, 6.07) is 20.1. The number of nitrogens with zero attached hydrogens (tertiary/aromatic N) is 4. The Morgan fingerprint density at radius 2 is 1.48 bits per heavy atom. The van der Waals surface area contributed by atoms with Crippen molar-refractivity contribution in [2.75, 3.05) is 5.32 Å². The summed E-state index contributed by atoms with van der Waals surface area (Å²) in [6.07, 6.45) is 0.748. The van der Waals surface area contributed by atoms with E-state index >= 15 is 0 Å². The van der Waals surface area contributed by atoms with Crippen LogP contribution in [0, 0.1) is 0 Å². The summed E-state index contributed by atoms with van der Waals surface area (Å²) in [7, 11) is 3.13. The molecule has 4 rings (SSSR count). The molecule has 0 amide bonds. The first-order chi connectivity index (χ1) is 14.1. The van der Waals surface area contributed by atoms with E-state index in [4.69, 9.17) is 0 Å². The maximum atomic E-state index is 12.9. The number of hydrogen-bond donors (Lipinski definition) is 1. The molecular weight excluding hydrogens is 366 g/mol. The van der Waals surface area contributed by atoms with Gasteiger partial charge in [0, 0.05) is 27.2 Å². The van der Waals surface area contributed by atoms with Crippen LogP contribution in [0.5, 0.6) is 0 Å². The third-order valence-corrected chi connectivity index (χ3v) is 5.11. The van der Waals surface area contributed by atoms with Gasteiger partial charge in [0.25, 0.3) is 5.56 Å². The van der Waals surface area contributed by atoms with E-state index in [0.717, 1.165) is 16.6 Å². The lowest BCUT2D eigenvalue weighted by Gasteiger charge is -2.11. The van der Waals surface area contributed by atoms with Gasteiger partial charge in [0.2, 0.25) is 5.95 Å². The smallest absolute Gasteiger partial charge is 0.332 e. The van der Waals surface area contributed by atoms with Gasteiger partial charge in [0.1, 0.15) is 0 Å². The average molecular weight is 389 g/mol. The number of rotatable bonds is 6. The Morgan fingerprint density at radius 1 is 0.862 bits per heavy atom. The van der Waals surface area contributed by atoms with Crippen molar-refractivity contribution < 1.29 is 0 Å². The molecule has 7 nitrogen and oxygen atoms in total. The number of fused-ring (bicyclic) bond motifs is 1. The largest absolute Gasteiger partial charge is 0.352 e. The minimum absolute atomic E-state index is 0.337. The van der Waals surface area contributed by atoms with E-state index in [0.29, 0.717) is 30.2 Å². The molecule has 0 fully saturated rings. The minimum Gasteiger partial charge on any atom is -0.352 e. The van der Waals surface area contributed by atoms with Gasteiger partial charge < -0.3 is 9.88 Å². The van der Waals surface area contributed by atoms with Crippen molar-refractivity contribution in [1.82, 2.24) is 18.7 Å². The van der Waals surface area contributed by atoms with Crippen LogP contribution in [0.1, 0.15) is 11.1 Å². The summed E-state index contributed by atoms with van der Waals surface area (Å²) in [5.41, 5.74) is 2.38. The molecule has 29 heavy (non-hydrogen) atoms. The van der Waals surface area contributed by atoms with Crippen LogP contribution in [0.2, 0.25) is 0 Å². The van der Waals surface area contributed by atoms with Crippen molar-refractivity contribution in [1.29, 1.82) is 0 Å². The number of aromatic nitrogens is 4. The van der Waals surface area contributed by atoms with Gasteiger partial charge in [-0.05, 0) is 17.5 Å². The summed E-state index contributed by atoms with van der Waals surface area (Å²) in [6.45, 7) is 1.15. The molecule has 7 heteroatoms. The Bertz CT molecular complexity index is 1250. The van der Waals surface area contributed by atoms with Gasteiger partial charge in [-0.25, -0.2) is 4.79 Å². The fourth-order valence-corrected chi connectivity index (χ4v) is 3.46. The van der Waals surface area contributed by atoms with Gasteiger partial charge in [-0.2, -0.15) is 4.98 Å². The Morgan fingerprint density at radius 3 is 2.14 bits per heavy atom. The summed E-state index contributed by atoms with van der Waals surface area (Å²) in [4.78, 5) is 29.8. The Kier molecular flexibility index (Phi) is 5.03. The van der Waals surface area contributed by atoms with Gasteiger partial charge in [-0.1, -0.05) is 60.7 Å². The highest BCUT2D eigenvalue weighted by Crippen LogP contribution is 2.17. The lowest BCUT2D eigenvalue weighted by atomic mass is 10.1. The molecule has 0 aliphatic carbocycles. The molecule has 0 aliphatic heterocycles. The van der Waals surface area contributed by atoms with Gasteiger partial charge >= 0.3 is 5.69 Å². The molecule has 0 spiro atoms. The van der Waals surface area contributed by atoms with E-state index in [1.54, 1.807) is 7.05 Å². The molecule has 0 saturated carbocycles. The van der Waals surface area contributed by atoms with Crippen molar-refractivity contribution in [3.63, 3.8) is 0 Å². The maximum Gasteiger partial charge on any atom is 0.332 e. The highest BCUT2D eigenvalue weighted by molar-refractivity contribution is 5.74. The van der Waals surface area contributed by atoms with Crippen LogP contribution >= 0.6 is 0 Å². The Hall–Kier alpha value is -3.61. The van der Waals surface area contributed by atoms with Crippen molar-refractivity contribution in [2.45, 2.75) is 19.5 Å². The number of anilines is 1. The fraction of sp³-hybridized carbons (Fsp3) is 0.227. The first-order valence-corrected chi connectivity index (χ1v) is 9.54. The van der Waals surface area contributed by atoms with Gasteiger partial charge in [-0.15, -0.1) is 0 Å². The lowest BCUT2D eigenvalue weighted by molar-refractivity contribution is 0.686. The monoisotopic (exact) mass is 389 g/mol. The zero-order valence-electron chi connectivity index (χ0n) is 16.5. The fourth-order valence-electron chi connectivity index (χ4n) is 3.46. The second-order valence-electron chi connectivity index (χ2n) is 7.04. The molecule has 0 aliphatic rings. The van der Waals surface area contributed by atoms with E-state index in [9.17, 15) is 9.59 Å². The van der Waals surface area contributed by atoms with Crippen LogP contribution in [-0.2, 0) is 33.6 Å². The van der Waals surface area contributed by atoms with Crippen molar-refractivity contribution in [2.24, 2.45) is 14.1 Å². The summed E-state index contributed by atoms with van der Waals surface area (Å²) in [5, 5.41) is 3.34. The van der Waals surface area contributed by atoms with Crippen molar-refractivity contribution >= 4 is 17.1 Å². The Labute approximate surface area is 167 Å². The normalized spacial score (nSPS) is 11.1. The van der Waals surface area contributed by atoms with E-state index in [2.05, 4.69) is 22.4 Å². The third kappa shape index (κ3) is 3.59. The first kappa shape index (κ1) is 18.7. The third-order valence-electron chi connectivity index (χ3n) is 5.11. The molecule has 0 saturated heterocycles. The molecule has 2 aromatic heterocycles. The average Bonchev–Trinajstić information content (AvgIpc) is 3.13. The van der Waals surface area contributed by atoms with E-state index in [-0.39, 0.29) is 11.2 Å². The second kappa shape index (κ2) is 7.79. The lowest BCUT2D eigenvalue weighted by Crippen LogP contribution is -2.37. The van der Waals surface area contributed by atoms with Crippen molar-refractivity contribution in [3.8, 4) is 0 Å². The van der Waals surface area contributed by atoms with Crippen LogP contribution in [0.15, 0.2) is 70.3 Å². The van der Waals surface area contributed by atoms with Gasteiger partial charge in [-0.3, -0.25) is 13.9 Å². The van der Waals surface area contributed by atoms with Crippen LogP contribution in [0.3, 0.4) is 0 Å². The van der Waals surface area contributed by atoms with E-state index in [1.807, 2.05) is 53.1 Å². The van der Waals surface area contributed by atoms with Crippen LogP contribution in [0.4, 0.5) is 5.95 Å². The SMILES string of the molecule is Cn1c(=O)c2c(nc(NCc3ccccc3)n2CCc2ccccc2)n(C)c1=O. The van der Waals surface area contributed by atoms with Gasteiger partial charge in [0.15, 0.2) is 11.2 Å². The molecule has 4 aromatic rings. The van der Waals surface area contributed by atoms with Crippen LogP contribution in [0.25, 0.3) is 11.2 Å². The molecule has 0 bridgehead atoms. The van der Waals surface area contributed by atoms with Crippen LogP contribution in [-0.4, -0.2) is 18.7 Å². The molecule has 1 N–H and O–H groups in total. The minimum atomic E-state index is -0.384. The molecule has 148 valence electrons. The van der Waals surface area contributed by atoms with E-state index < -0.39 is 0 Å². The number of nitrogens with one attached hydrogen (secondary N) is 1. The van der Waals surface area contributed by atoms with Crippen LogP contribution < -0.4 is 16.6 Å². The summed E-state index contributed by atoms with van der Waals surface area (Å²) < 4.78 is 4.43. The highest BCUT2D eigenvalue weighted by Gasteiger charge is 2.19. The predicted octanol–water partition coefficient (Wildman–Crippen LogP) is 2.29. The molecule has 0 atom stereocenters. The van der Waals surface area contributed by atoms with Gasteiger partial charge in [0.05, 0.1) is 0 Å². The highest BCUT2D eigenvalue weighted by atomic mass is 16.2. The zero-order valence-corrected chi connectivity index (χ0v) is 16.5. The molecule has 0 radical (unpaired) electrons. The standard InChI is InChI=1S/C22H23N5O2/c1-25-19-18(20(28)26(2)22(25)29)27(14-13-16-9-5-3-6-10-16)21(24-19)23-15-17-11-7-4-8-12-17/h3-12H,13-15H2,1-2H3,(H,23,24). The quantitative estimate of drug-likeness (QED) is 0.549. The maximum absolute atomic E-state index is 12.9. The number of hydrogen-bond acceptors (Lipinski definition) is 4. The Balaban J connectivity index is 1.78. The second-order valence-corrected chi connectivity index (χ2v) is 7.04. The topological polar surface area (TPSA) is 73.8 Å². The molecule has 2 aromatic carbocycles. The number of imidazole rings is 1. The zero-order chi connectivity index (χ0) is 20.4. The first-order valence-electron chi connectivity index (χ1n) is 9.54. The number of benzene rings is 2.